The molecule has 6 nitrogen and oxygen atoms in total. The van der Waals surface area contributed by atoms with Gasteiger partial charge in [0.25, 0.3) is 0 Å². The Bertz CT molecular complexity index is 1200. The van der Waals surface area contributed by atoms with Crippen molar-refractivity contribution in [2.75, 3.05) is 6.61 Å². The van der Waals surface area contributed by atoms with Gasteiger partial charge >= 0.3 is 5.97 Å². The summed E-state index contributed by atoms with van der Waals surface area (Å²) in [5, 5.41) is 0.968. The van der Waals surface area contributed by atoms with Crippen molar-refractivity contribution in [3.05, 3.63) is 83.7 Å². The summed E-state index contributed by atoms with van der Waals surface area (Å²) in [5.74, 6) is 0.388. The van der Waals surface area contributed by atoms with E-state index in [1.165, 1.54) is 0 Å². The van der Waals surface area contributed by atoms with Crippen LogP contribution >= 0.6 is 0 Å². The number of hydrogen-bond acceptors (Lipinski definition) is 6. The van der Waals surface area contributed by atoms with Crippen molar-refractivity contribution in [1.29, 1.82) is 0 Å². The van der Waals surface area contributed by atoms with Crippen LogP contribution in [0.2, 0.25) is 0 Å². The molecule has 0 bridgehead atoms. The van der Waals surface area contributed by atoms with Crippen molar-refractivity contribution in [1.82, 2.24) is 4.98 Å². The zero-order chi connectivity index (χ0) is 21.6. The number of carbonyl (C=O) groups excluding carboxylic acids is 1. The van der Waals surface area contributed by atoms with Crippen LogP contribution in [-0.4, -0.2) is 17.6 Å². The molecule has 2 heterocycles. The van der Waals surface area contributed by atoms with E-state index >= 15 is 0 Å². The largest absolute Gasteiger partial charge is 0.489 e. The van der Waals surface area contributed by atoms with Crippen molar-refractivity contribution in [2.24, 2.45) is 5.73 Å². The van der Waals surface area contributed by atoms with Gasteiger partial charge in [0.2, 0.25) is 0 Å². The Morgan fingerprint density at radius 3 is 2.81 bits per heavy atom. The molecule has 2 aromatic carbocycles. The number of carbonyl (C=O) groups is 1. The summed E-state index contributed by atoms with van der Waals surface area (Å²) < 4.78 is 16.9. The Labute approximate surface area is 180 Å². The maximum absolute atomic E-state index is 11.9. The number of fused-ring (bicyclic) bond motifs is 1. The molecular formula is C25H24N2O4. The zero-order valence-corrected chi connectivity index (χ0v) is 17.3. The first-order valence-corrected chi connectivity index (χ1v) is 10.2. The third kappa shape index (κ3) is 4.75. The van der Waals surface area contributed by atoms with Crippen LogP contribution in [0, 0.1) is 0 Å². The van der Waals surface area contributed by atoms with E-state index in [-0.39, 0.29) is 12.4 Å². The van der Waals surface area contributed by atoms with Crippen LogP contribution in [0.25, 0.3) is 22.2 Å². The van der Waals surface area contributed by atoms with Crippen LogP contribution < -0.4 is 10.5 Å². The van der Waals surface area contributed by atoms with Gasteiger partial charge in [0.05, 0.1) is 30.7 Å². The molecule has 0 saturated heterocycles. The first kappa shape index (κ1) is 20.6. The van der Waals surface area contributed by atoms with E-state index in [4.69, 9.17) is 19.6 Å². The highest BCUT2D eigenvalue weighted by molar-refractivity contribution is 5.92. The van der Waals surface area contributed by atoms with Crippen LogP contribution in [0.1, 0.15) is 23.7 Å². The molecule has 158 valence electrons. The molecule has 0 aliphatic carbocycles. The average Bonchev–Trinajstić information content (AvgIpc) is 3.27. The number of furan rings is 1. The third-order valence-electron chi connectivity index (χ3n) is 4.91. The number of aromatic nitrogens is 1. The number of para-hydroxylation sites is 1. The second-order valence-electron chi connectivity index (χ2n) is 7.08. The van der Waals surface area contributed by atoms with Crippen LogP contribution in [0.4, 0.5) is 0 Å². The number of hydrogen-bond donors (Lipinski definition) is 1. The van der Waals surface area contributed by atoms with Crippen molar-refractivity contribution in [3.63, 3.8) is 0 Å². The molecular weight excluding hydrogens is 392 g/mol. The van der Waals surface area contributed by atoms with Gasteiger partial charge in [-0.05, 0) is 48.9 Å². The van der Waals surface area contributed by atoms with Gasteiger partial charge in [-0.3, -0.25) is 9.78 Å². The van der Waals surface area contributed by atoms with Gasteiger partial charge in [0.15, 0.2) is 0 Å². The SMILES string of the molecule is CCOC(=O)Cc1ccccc1OCc1cc(-c2cccc(CN)n2)c2occc2c1. The van der Waals surface area contributed by atoms with Gasteiger partial charge in [-0.15, -0.1) is 0 Å². The van der Waals surface area contributed by atoms with Crippen molar-refractivity contribution in [3.8, 4) is 17.0 Å². The second-order valence-corrected chi connectivity index (χ2v) is 7.08. The molecule has 6 heteroatoms. The predicted octanol–water partition coefficient (Wildman–Crippen LogP) is 4.64. The summed E-state index contributed by atoms with van der Waals surface area (Å²) in [6, 6.07) is 19.2. The van der Waals surface area contributed by atoms with Gasteiger partial charge in [-0.25, -0.2) is 0 Å². The molecule has 0 aliphatic rings. The highest BCUT2D eigenvalue weighted by Crippen LogP contribution is 2.31. The minimum Gasteiger partial charge on any atom is -0.489 e. The molecule has 31 heavy (non-hydrogen) atoms. The first-order chi connectivity index (χ1) is 15.2. The lowest BCUT2D eigenvalue weighted by Gasteiger charge is -2.12. The normalized spacial score (nSPS) is 10.9. The fourth-order valence-electron chi connectivity index (χ4n) is 3.48. The van der Waals surface area contributed by atoms with Crippen LogP contribution in [0.15, 0.2) is 71.3 Å². The van der Waals surface area contributed by atoms with Gasteiger partial charge in [0, 0.05) is 23.1 Å². The topological polar surface area (TPSA) is 87.6 Å². The molecule has 0 spiro atoms. The molecule has 0 atom stereocenters. The Balaban J connectivity index is 1.61. The van der Waals surface area contributed by atoms with Crippen molar-refractivity contribution in [2.45, 2.75) is 26.5 Å². The van der Waals surface area contributed by atoms with Crippen molar-refractivity contribution < 1.29 is 18.7 Å². The van der Waals surface area contributed by atoms with E-state index in [1.807, 2.05) is 60.7 Å². The number of benzene rings is 2. The van der Waals surface area contributed by atoms with Gasteiger partial charge < -0.3 is 19.6 Å². The minimum atomic E-state index is -0.272. The van der Waals surface area contributed by atoms with Crippen molar-refractivity contribution >= 4 is 16.9 Å². The molecule has 0 amide bonds. The Morgan fingerprint density at radius 1 is 1.10 bits per heavy atom. The number of pyridine rings is 1. The molecule has 0 unspecified atom stereocenters. The number of esters is 1. The van der Waals surface area contributed by atoms with E-state index in [2.05, 4.69) is 4.98 Å². The number of rotatable bonds is 8. The molecule has 2 aromatic heterocycles. The summed E-state index contributed by atoms with van der Waals surface area (Å²) in [6.07, 6.45) is 1.84. The molecule has 2 N–H and O–H groups in total. The summed E-state index contributed by atoms with van der Waals surface area (Å²) >= 11 is 0. The minimum absolute atomic E-state index is 0.172. The van der Waals surface area contributed by atoms with Crippen LogP contribution in [0.3, 0.4) is 0 Å². The first-order valence-electron chi connectivity index (χ1n) is 10.2. The maximum atomic E-state index is 11.9. The quantitative estimate of drug-likeness (QED) is 0.421. The smallest absolute Gasteiger partial charge is 0.310 e. The van der Waals surface area contributed by atoms with E-state index in [0.29, 0.717) is 25.5 Å². The molecule has 4 rings (SSSR count). The fraction of sp³-hybridized carbons (Fsp3) is 0.200. The maximum Gasteiger partial charge on any atom is 0.310 e. The highest BCUT2D eigenvalue weighted by Gasteiger charge is 2.13. The Kier molecular flexibility index (Phi) is 6.29. The van der Waals surface area contributed by atoms with Crippen LogP contribution in [-0.2, 0) is 29.1 Å². The number of ether oxygens (including phenoxy) is 2. The molecule has 0 radical (unpaired) electrons. The monoisotopic (exact) mass is 416 g/mol. The van der Waals surface area contributed by atoms with Gasteiger partial charge in [-0.2, -0.15) is 0 Å². The van der Waals surface area contributed by atoms with Gasteiger partial charge in [0.1, 0.15) is 17.9 Å². The zero-order valence-electron chi connectivity index (χ0n) is 17.3. The van der Waals surface area contributed by atoms with Crippen LogP contribution in [0.5, 0.6) is 5.75 Å². The molecule has 0 saturated carbocycles. The van der Waals surface area contributed by atoms with E-state index < -0.39 is 0 Å². The third-order valence-corrected chi connectivity index (χ3v) is 4.91. The number of nitrogens with zero attached hydrogens (tertiary/aromatic N) is 1. The summed E-state index contributed by atoms with van der Waals surface area (Å²) in [5.41, 5.74) is 10.8. The summed E-state index contributed by atoms with van der Waals surface area (Å²) in [6.45, 7) is 2.86. The molecule has 0 fully saturated rings. The molecule has 4 aromatic rings. The van der Waals surface area contributed by atoms with E-state index in [9.17, 15) is 4.79 Å². The lowest BCUT2D eigenvalue weighted by atomic mass is 10.0. The fourth-order valence-corrected chi connectivity index (χ4v) is 3.48. The summed E-state index contributed by atoms with van der Waals surface area (Å²) in [4.78, 5) is 16.5. The molecule has 0 aliphatic heterocycles. The Morgan fingerprint density at radius 2 is 1.97 bits per heavy atom. The average molecular weight is 416 g/mol. The second kappa shape index (κ2) is 9.45. The lowest BCUT2D eigenvalue weighted by molar-refractivity contribution is -0.142. The number of nitrogens with two attached hydrogens (primary N) is 1. The van der Waals surface area contributed by atoms with Gasteiger partial charge in [-0.1, -0.05) is 24.3 Å². The predicted molar refractivity (Wildman–Crippen MR) is 118 cm³/mol. The standard InChI is InChI=1S/C25H24N2O4/c1-2-29-24(28)14-18-6-3-4-9-23(18)31-16-17-12-19-10-11-30-25(19)21(13-17)22-8-5-7-20(15-26)27-22/h3-13H,2,14-16,26H2,1H3. The Hall–Kier alpha value is -3.64. The summed E-state index contributed by atoms with van der Waals surface area (Å²) in [7, 11) is 0. The lowest BCUT2D eigenvalue weighted by Crippen LogP contribution is -2.09. The van der Waals surface area contributed by atoms with E-state index in [1.54, 1.807) is 13.2 Å². The van der Waals surface area contributed by atoms with E-state index in [0.717, 1.165) is 39.0 Å². The highest BCUT2D eigenvalue weighted by atomic mass is 16.5.